The van der Waals surface area contributed by atoms with Crippen LogP contribution in [-0.4, -0.2) is 50.4 Å². The van der Waals surface area contributed by atoms with Crippen LogP contribution >= 0.6 is 11.8 Å². The van der Waals surface area contributed by atoms with Gasteiger partial charge in [-0.2, -0.15) is 0 Å². The number of aliphatic carboxylic acids is 1. The number of β-lactam (4-membered cyclic amide) rings is 1. The van der Waals surface area contributed by atoms with Gasteiger partial charge in [0.25, 0.3) is 0 Å². The number of carbonyl (C=O) groups excluding carboxylic acids is 2. The van der Waals surface area contributed by atoms with Gasteiger partial charge in [0.05, 0.1) is 0 Å². The highest BCUT2D eigenvalue weighted by Crippen LogP contribution is 2.40. The number of nitrogens with zero attached hydrogens (tertiary/aromatic N) is 1. The Morgan fingerprint density at radius 2 is 2.00 bits per heavy atom. The molecule has 5 N–H and O–H groups in total. The van der Waals surface area contributed by atoms with Crippen molar-refractivity contribution in [3.63, 3.8) is 0 Å². The normalized spacial score (nSPS) is 25.4. The van der Waals surface area contributed by atoms with E-state index in [-0.39, 0.29) is 5.75 Å². The number of nitrogens with one attached hydrogen (secondary N) is 1. The number of carbonyl (C=O) groups is 3. The van der Waals surface area contributed by atoms with Gasteiger partial charge in [0.2, 0.25) is 11.8 Å². The molecule has 0 aromatic heterocycles. The molecule has 4 atom stereocenters. The molecule has 0 bridgehead atoms. The second-order valence-corrected chi connectivity index (χ2v) is 7.18. The first-order chi connectivity index (χ1) is 12.8. The van der Waals surface area contributed by atoms with Gasteiger partial charge < -0.3 is 26.2 Å². The zero-order valence-corrected chi connectivity index (χ0v) is 15.2. The zero-order valence-electron chi connectivity index (χ0n) is 14.4. The molecule has 2 amide bonds. The van der Waals surface area contributed by atoms with Crippen LogP contribution in [0.5, 0.6) is 5.75 Å². The quantitative estimate of drug-likeness (QED) is 0.545. The fraction of sp³-hybridized carbons (Fsp3) is 0.278. The number of benzene rings is 1. The molecule has 1 saturated heterocycles. The van der Waals surface area contributed by atoms with Crippen LogP contribution in [0.3, 0.4) is 0 Å². The fourth-order valence-corrected chi connectivity index (χ4v) is 4.27. The van der Waals surface area contributed by atoms with E-state index in [1.807, 2.05) is 0 Å². The van der Waals surface area contributed by atoms with Crippen molar-refractivity contribution in [3.8, 4) is 5.75 Å². The van der Waals surface area contributed by atoms with Crippen molar-refractivity contribution in [2.24, 2.45) is 5.73 Å². The van der Waals surface area contributed by atoms with Crippen LogP contribution in [0.4, 0.5) is 0 Å². The predicted octanol–water partition coefficient (Wildman–Crippen LogP) is 0.705. The molecule has 2 aliphatic heterocycles. The minimum absolute atomic E-state index is 0.0539. The molecule has 1 fully saturated rings. The van der Waals surface area contributed by atoms with E-state index >= 15 is 0 Å². The number of phenols is 1. The van der Waals surface area contributed by atoms with Gasteiger partial charge in [-0.25, -0.2) is 4.79 Å². The largest absolute Gasteiger partial charge is 0.508 e. The van der Waals surface area contributed by atoms with Crippen molar-refractivity contribution in [3.05, 3.63) is 53.0 Å². The van der Waals surface area contributed by atoms with Gasteiger partial charge >= 0.3 is 5.97 Å². The van der Waals surface area contributed by atoms with E-state index in [4.69, 9.17) is 5.73 Å². The Kier molecular flexibility index (Phi) is 5.24. The molecular formula is C18H19N3O5S. The van der Waals surface area contributed by atoms with Gasteiger partial charge in [-0.05, 0) is 35.6 Å². The summed E-state index contributed by atoms with van der Waals surface area (Å²) in [4.78, 5) is 37.8. The van der Waals surface area contributed by atoms with Crippen molar-refractivity contribution in [2.75, 3.05) is 0 Å². The molecule has 8 nitrogen and oxygen atoms in total. The standard InChI is InChI=1S/C18H19N3O5S/c1-2-3-10-8-27-17-13(16(24)21(17)14(10)18(25)26)20-15(23)12(19)9-4-6-11(22)7-5-9/h2-8,12-14,17,22H,19H2,1H3,(H,20,23)(H,25,26)/b3-2+. The maximum Gasteiger partial charge on any atom is 0.331 e. The average molecular weight is 389 g/mol. The number of hydrogen-bond donors (Lipinski definition) is 4. The molecule has 4 unspecified atom stereocenters. The Morgan fingerprint density at radius 1 is 1.33 bits per heavy atom. The summed E-state index contributed by atoms with van der Waals surface area (Å²) >= 11 is 1.29. The number of carboxylic acid groups (broad SMARTS) is 1. The van der Waals surface area contributed by atoms with Gasteiger partial charge in [0, 0.05) is 0 Å². The molecule has 0 spiro atoms. The van der Waals surface area contributed by atoms with E-state index in [1.165, 1.54) is 40.9 Å². The Bertz CT molecular complexity index is 836. The summed E-state index contributed by atoms with van der Waals surface area (Å²) in [7, 11) is 0. The Labute approximate surface area is 159 Å². The predicted molar refractivity (Wildman–Crippen MR) is 99.5 cm³/mol. The molecule has 2 aliphatic rings. The average Bonchev–Trinajstić information content (AvgIpc) is 2.65. The highest BCUT2D eigenvalue weighted by Gasteiger charge is 2.55. The number of phenolic OH excluding ortho intramolecular Hbond substituents is 1. The Balaban J connectivity index is 1.73. The Morgan fingerprint density at radius 3 is 2.59 bits per heavy atom. The van der Waals surface area contributed by atoms with Crippen molar-refractivity contribution >= 4 is 29.5 Å². The number of thioether (sulfide) groups is 1. The number of aromatic hydroxyl groups is 1. The van der Waals surface area contributed by atoms with E-state index in [2.05, 4.69) is 5.32 Å². The maximum absolute atomic E-state index is 12.5. The first-order valence-corrected chi connectivity index (χ1v) is 9.17. The highest BCUT2D eigenvalue weighted by atomic mass is 32.2. The van der Waals surface area contributed by atoms with Crippen LogP contribution < -0.4 is 11.1 Å². The summed E-state index contributed by atoms with van der Waals surface area (Å²) in [6.45, 7) is 1.77. The van der Waals surface area contributed by atoms with Gasteiger partial charge in [0.15, 0.2) is 6.04 Å². The monoisotopic (exact) mass is 389 g/mol. The van der Waals surface area contributed by atoms with E-state index in [0.717, 1.165) is 0 Å². The number of fused-ring (bicyclic) bond motifs is 1. The molecule has 3 rings (SSSR count). The molecule has 27 heavy (non-hydrogen) atoms. The van der Waals surface area contributed by atoms with Gasteiger partial charge in [-0.1, -0.05) is 24.3 Å². The van der Waals surface area contributed by atoms with Crippen LogP contribution in [0.1, 0.15) is 18.5 Å². The smallest absolute Gasteiger partial charge is 0.331 e. The van der Waals surface area contributed by atoms with Crippen molar-refractivity contribution < 1.29 is 24.6 Å². The number of nitrogens with two attached hydrogens (primary N) is 1. The van der Waals surface area contributed by atoms with Gasteiger partial charge in [0.1, 0.15) is 23.2 Å². The Hall–Kier alpha value is -2.78. The van der Waals surface area contributed by atoms with E-state index < -0.39 is 41.3 Å². The van der Waals surface area contributed by atoms with Crippen LogP contribution in [-0.2, 0) is 14.4 Å². The van der Waals surface area contributed by atoms with E-state index in [9.17, 15) is 24.6 Å². The molecular weight excluding hydrogens is 370 g/mol. The van der Waals surface area contributed by atoms with E-state index in [0.29, 0.717) is 11.1 Å². The van der Waals surface area contributed by atoms with Crippen LogP contribution in [0, 0.1) is 0 Å². The SMILES string of the molecule is C/C=C/C1=CSC2C(NC(=O)C(N)c3ccc(O)cc3)C(=O)N2C1C(=O)O. The molecule has 2 heterocycles. The maximum atomic E-state index is 12.5. The lowest BCUT2D eigenvalue weighted by Crippen LogP contribution is -2.74. The topological polar surface area (TPSA) is 133 Å². The summed E-state index contributed by atoms with van der Waals surface area (Å²) in [5.74, 6) is -2.07. The number of amides is 2. The van der Waals surface area contributed by atoms with Crippen LogP contribution in [0.25, 0.3) is 0 Å². The molecule has 142 valence electrons. The number of rotatable bonds is 5. The number of carboxylic acids is 1. The molecule has 0 saturated carbocycles. The lowest BCUT2D eigenvalue weighted by atomic mass is 9.97. The number of allylic oxidation sites excluding steroid dienone is 1. The third kappa shape index (κ3) is 3.43. The van der Waals surface area contributed by atoms with Gasteiger partial charge in [-0.3, -0.25) is 9.59 Å². The van der Waals surface area contributed by atoms with Gasteiger partial charge in [-0.15, -0.1) is 11.8 Å². The lowest BCUT2D eigenvalue weighted by Gasteiger charge is -2.51. The molecule has 0 aliphatic carbocycles. The number of hydrogen-bond acceptors (Lipinski definition) is 6. The first kappa shape index (κ1) is 19.0. The van der Waals surface area contributed by atoms with Crippen LogP contribution in [0.2, 0.25) is 0 Å². The zero-order chi connectivity index (χ0) is 19.7. The molecule has 0 radical (unpaired) electrons. The van der Waals surface area contributed by atoms with Crippen molar-refractivity contribution in [1.82, 2.24) is 10.2 Å². The third-order valence-corrected chi connectivity index (χ3v) is 5.63. The molecule has 1 aromatic carbocycles. The van der Waals surface area contributed by atoms with E-state index in [1.54, 1.807) is 24.5 Å². The fourth-order valence-electron chi connectivity index (χ4n) is 3.07. The highest BCUT2D eigenvalue weighted by molar-refractivity contribution is 8.03. The second-order valence-electron chi connectivity index (χ2n) is 6.19. The van der Waals surface area contributed by atoms with Crippen LogP contribution in [0.15, 0.2) is 47.4 Å². The first-order valence-electron chi connectivity index (χ1n) is 8.23. The van der Waals surface area contributed by atoms with Crippen molar-refractivity contribution in [2.45, 2.75) is 30.4 Å². The summed E-state index contributed by atoms with van der Waals surface area (Å²) in [6.07, 6.45) is 3.37. The summed E-state index contributed by atoms with van der Waals surface area (Å²) in [5.41, 5.74) is 6.93. The van der Waals surface area contributed by atoms with Crippen molar-refractivity contribution in [1.29, 1.82) is 0 Å². The summed E-state index contributed by atoms with van der Waals surface area (Å²) in [5, 5.41) is 22.6. The minimum atomic E-state index is -1.12. The second kappa shape index (κ2) is 7.45. The lowest BCUT2D eigenvalue weighted by molar-refractivity contribution is -0.160. The molecule has 1 aromatic rings. The minimum Gasteiger partial charge on any atom is -0.508 e. The summed E-state index contributed by atoms with van der Waals surface area (Å²) in [6, 6.07) is 2.97. The summed E-state index contributed by atoms with van der Waals surface area (Å²) < 4.78 is 0. The third-order valence-electron chi connectivity index (χ3n) is 4.44. The molecule has 9 heteroatoms.